The Morgan fingerprint density at radius 3 is 2.56 bits per heavy atom. The molecule has 0 heterocycles. The number of nitrogens with zero attached hydrogens (tertiary/aromatic N) is 3. The largest absolute Gasteiger partial charge is 0.480 e. The van der Waals surface area contributed by atoms with E-state index in [-0.39, 0.29) is 19.0 Å². The predicted octanol–water partition coefficient (Wildman–Crippen LogP) is 0.504. The van der Waals surface area contributed by atoms with Crippen LogP contribution in [0.3, 0.4) is 0 Å². The predicted molar refractivity (Wildman–Crippen MR) is 63.4 cm³/mol. The van der Waals surface area contributed by atoms with Crippen molar-refractivity contribution in [3.8, 4) is 18.4 Å². The summed E-state index contributed by atoms with van der Waals surface area (Å²) in [4.78, 5) is 25.5. The van der Waals surface area contributed by atoms with E-state index >= 15 is 0 Å². The number of rotatable bonds is 6. The van der Waals surface area contributed by atoms with Crippen LogP contribution in [0.5, 0.6) is 0 Å². The highest BCUT2D eigenvalue weighted by molar-refractivity contribution is 5.80. The van der Waals surface area contributed by atoms with Crippen LogP contribution >= 0.6 is 0 Å². The second-order valence-corrected chi connectivity index (χ2v) is 4.07. The van der Waals surface area contributed by atoms with Crippen molar-refractivity contribution in [1.82, 2.24) is 9.80 Å². The summed E-state index contributed by atoms with van der Waals surface area (Å²) in [6.07, 6.45) is 7.16. The number of carboxylic acids is 1. The topological polar surface area (TPSA) is 84.6 Å². The first kappa shape index (κ1) is 13.9. The van der Waals surface area contributed by atoms with Gasteiger partial charge in [0.2, 0.25) is 0 Å². The third-order valence-electron chi connectivity index (χ3n) is 2.58. The fraction of sp³-hybridized carbons (Fsp3) is 0.583. The molecule has 0 saturated heterocycles. The summed E-state index contributed by atoms with van der Waals surface area (Å²) >= 11 is 0. The van der Waals surface area contributed by atoms with Gasteiger partial charge in [-0.05, 0) is 12.8 Å². The molecule has 18 heavy (non-hydrogen) atoms. The van der Waals surface area contributed by atoms with Crippen LogP contribution in [-0.4, -0.2) is 52.6 Å². The lowest BCUT2D eigenvalue weighted by Gasteiger charge is -2.28. The van der Waals surface area contributed by atoms with Gasteiger partial charge in [0.25, 0.3) is 0 Å². The molecule has 0 bridgehead atoms. The third kappa shape index (κ3) is 3.99. The summed E-state index contributed by atoms with van der Waals surface area (Å²) in [5.41, 5.74) is 0. The van der Waals surface area contributed by atoms with Gasteiger partial charge >= 0.3 is 12.0 Å². The van der Waals surface area contributed by atoms with Crippen LogP contribution in [0.4, 0.5) is 4.79 Å². The maximum atomic E-state index is 12.1. The van der Waals surface area contributed by atoms with Crippen LogP contribution in [0.2, 0.25) is 0 Å². The smallest absolute Gasteiger partial charge is 0.323 e. The molecule has 2 amide bonds. The molecule has 1 aliphatic carbocycles. The van der Waals surface area contributed by atoms with E-state index in [1.807, 2.05) is 6.07 Å². The van der Waals surface area contributed by atoms with Gasteiger partial charge in [-0.2, -0.15) is 5.26 Å². The number of aliphatic carboxylic acids is 1. The minimum atomic E-state index is -1.10. The zero-order valence-corrected chi connectivity index (χ0v) is 10.0. The van der Waals surface area contributed by atoms with Crippen molar-refractivity contribution in [2.24, 2.45) is 0 Å². The van der Waals surface area contributed by atoms with Crippen molar-refractivity contribution in [3.63, 3.8) is 0 Å². The molecule has 96 valence electrons. The number of hydrogen-bond acceptors (Lipinski definition) is 3. The van der Waals surface area contributed by atoms with Gasteiger partial charge in [-0.25, -0.2) is 4.79 Å². The molecule has 0 spiro atoms. The van der Waals surface area contributed by atoms with E-state index in [1.54, 1.807) is 4.90 Å². The van der Waals surface area contributed by atoms with Gasteiger partial charge < -0.3 is 14.9 Å². The minimum absolute atomic E-state index is 0.0408. The number of hydrogen-bond donors (Lipinski definition) is 1. The molecule has 0 atom stereocenters. The Kier molecular flexibility index (Phi) is 5.01. The first-order valence-electron chi connectivity index (χ1n) is 5.68. The second kappa shape index (κ2) is 6.51. The lowest BCUT2D eigenvalue weighted by Crippen LogP contribution is -2.46. The lowest BCUT2D eigenvalue weighted by atomic mass is 10.4. The van der Waals surface area contributed by atoms with E-state index in [2.05, 4.69) is 5.92 Å². The quantitative estimate of drug-likeness (QED) is 0.695. The van der Waals surface area contributed by atoms with Crippen molar-refractivity contribution < 1.29 is 14.7 Å². The molecule has 0 aromatic carbocycles. The van der Waals surface area contributed by atoms with E-state index in [0.29, 0.717) is 6.54 Å². The van der Waals surface area contributed by atoms with Crippen LogP contribution in [0.15, 0.2) is 0 Å². The Balaban J connectivity index is 2.68. The molecule has 1 saturated carbocycles. The molecule has 0 aromatic heterocycles. The molecule has 0 radical (unpaired) electrons. The molecule has 0 unspecified atom stereocenters. The molecule has 1 N–H and O–H groups in total. The Hall–Kier alpha value is -2.21. The molecule has 0 aliphatic heterocycles. The average Bonchev–Trinajstić information content (AvgIpc) is 3.12. The maximum Gasteiger partial charge on any atom is 0.323 e. The van der Waals surface area contributed by atoms with Gasteiger partial charge in [-0.1, -0.05) is 5.92 Å². The van der Waals surface area contributed by atoms with Gasteiger partial charge in [0.15, 0.2) is 0 Å². The number of carbonyl (C=O) groups excluding carboxylic acids is 1. The lowest BCUT2D eigenvalue weighted by molar-refractivity contribution is -0.137. The zero-order valence-electron chi connectivity index (χ0n) is 10.0. The van der Waals surface area contributed by atoms with Crippen molar-refractivity contribution in [2.75, 3.05) is 19.6 Å². The van der Waals surface area contributed by atoms with Gasteiger partial charge in [0, 0.05) is 12.6 Å². The fourth-order valence-corrected chi connectivity index (χ4v) is 1.64. The van der Waals surface area contributed by atoms with Gasteiger partial charge in [0.05, 0.1) is 19.0 Å². The van der Waals surface area contributed by atoms with E-state index in [4.69, 9.17) is 16.8 Å². The molecule has 1 fully saturated rings. The van der Waals surface area contributed by atoms with Gasteiger partial charge in [-0.15, -0.1) is 6.42 Å². The Morgan fingerprint density at radius 2 is 2.11 bits per heavy atom. The Labute approximate surface area is 106 Å². The molecule has 6 nitrogen and oxygen atoms in total. The van der Waals surface area contributed by atoms with E-state index < -0.39 is 18.5 Å². The summed E-state index contributed by atoms with van der Waals surface area (Å²) in [5.74, 6) is 1.17. The number of urea groups is 1. The summed E-state index contributed by atoms with van der Waals surface area (Å²) in [7, 11) is 0. The van der Waals surface area contributed by atoms with Crippen molar-refractivity contribution in [1.29, 1.82) is 5.26 Å². The third-order valence-corrected chi connectivity index (χ3v) is 2.58. The summed E-state index contributed by atoms with van der Waals surface area (Å²) < 4.78 is 0. The number of carboxylic acid groups (broad SMARTS) is 1. The van der Waals surface area contributed by atoms with E-state index in [0.717, 1.165) is 17.7 Å². The minimum Gasteiger partial charge on any atom is -0.480 e. The molecule has 6 heteroatoms. The number of carbonyl (C=O) groups is 2. The summed E-state index contributed by atoms with van der Waals surface area (Å²) in [6.45, 7) is -0.138. The average molecular weight is 249 g/mol. The van der Waals surface area contributed by atoms with E-state index in [1.165, 1.54) is 0 Å². The Bertz CT molecular complexity index is 404. The van der Waals surface area contributed by atoms with Crippen LogP contribution in [0.1, 0.15) is 19.3 Å². The molecule has 1 aliphatic rings. The Morgan fingerprint density at radius 1 is 1.44 bits per heavy atom. The second-order valence-electron chi connectivity index (χ2n) is 4.07. The molecular weight excluding hydrogens is 234 g/mol. The standard InChI is InChI=1S/C12H15N3O3/c1-2-7-14(9-11(16)17)12(18)15(8-3-6-13)10-4-5-10/h1,10H,3-5,7-9H2,(H,16,17). The molecule has 1 rings (SSSR count). The first-order chi connectivity index (χ1) is 8.60. The monoisotopic (exact) mass is 249 g/mol. The van der Waals surface area contributed by atoms with Crippen molar-refractivity contribution in [2.45, 2.75) is 25.3 Å². The number of nitriles is 1. The number of amides is 2. The number of terminal acetylenes is 1. The summed E-state index contributed by atoms with van der Waals surface area (Å²) in [5, 5.41) is 17.3. The van der Waals surface area contributed by atoms with Crippen LogP contribution in [0, 0.1) is 23.7 Å². The zero-order chi connectivity index (χ0) is 13.5. The van der Waals surface area contributed by atoms with Crippen LogP contribution < -0.4 is 0 Å². The highest BCUT2D eigenvalue weighted by atomic mass is 16.4. The molecule has 0 aromatic rings. The molecular formula is C12H15N3O3. The van der Waals surface area contributed by atoms with E-state index in [9.17, 15) is 9.59 Å². The SMILES string of the molecule is C#CCN(CC(=O)O)C(=O)N(CCC#N)C1CC1. The van der Waals surface area contributed by atoms with Crippen molar-refractivity contribution >= 4 is 12.0 Å². The fourth-order valence-electron chi connectivity index (χ4n) is 1.64. The normalized spacial score (nSPS) is 13.2. The van der Waals surface area contributed by atoms with Crippen LogP contribution in [-0.2, 0) is 4.79 Å². The van der Waals surface area contributed by atoms with Gasteiger partial charge in [-0.3, -0.25) is 4.79 Å². The first-order valence-corrected chi connectivity index (χ1v) is 5.68. The van der Waals surface area contributed by atoms with Crippen LogP contribution in [0.25, 0.3) is 0 Å². The highest BCUT2D eigenvalue weighted by Crippen LogP contribution is 2.27. The highest BCUT2D eigenvalue weighted by Gasteiger charge is 2.34. The summed E-state index contributed by atoms with van der Waals surface area (Å²) in [6, 6.07) is 1.71. The van der Waals surface area contributed by atoms with Gasteiger partial charge in [0.1, 0.15) is 6.54 Å². The van der Waals surface area contributed by atoms with Crippen molar-refractivity contribution in [3.05, 3.63) is 0 Å². The maximum absolute atomic E-state index is 12.1.